The van der Waals surface area contributed by atoms with Gasteiger partial charge < -0.3 is 5.32 Å². The zero-order valence-electron chi connectivity index (χ0n) is 10.2. The Morgan fingerprint density at radius 1 is 1.17 bits per heavy atom. The fourth-order valence-electron chi connectivity index (χ4n) is 1.85. The van der Waals surface area contributed by atoms with Crippen LogP contribution < -0.4 is 5.32 Å². The normalized spacial score (nSPS) is 14.6. The van der Waals surface area contributed by atoms with E-state index in [1.54, 1.807) is 0 Å². The summed E-state index contributed by atoms with van der Waals surface area (Å²) in [6, 6.07) is 10.3. The number of aryl methyl sites for hydroxylation is 1. The Hall–Kier alpha value is -1.61. The second-order valence-electron chi connectivity index (χ2n) is 4.61. The SMILES string of the molecule is Cc1nc(NC2CC2)cc(-c2ccc(Cl)cc2)n1. The molecule has 18 heavy (non-hydrogen) atoms. The fraction of sp³-hybridized carbons (Fsp3) is 0.286. The average molecular weight is 260 g/mol. The molecule has 0 bridgehead atoms. The molecule has 1 aliphatic carbocycles. The lowest BCUT2D eigenvalue weighted by molar-refractivity contribution is 1.03. The van der Waals surface area contributed by atoms with E-state index in [2.05, 4.69) is 15.3 Å². The largest absolute Gasteiger partial charge is 0.367 e. The zero-order chi connectivity index (χ0) is 12.5. The van der Waals surface area contributed by atoms with E-state index in [0.717, 1.165) is 27.9 Å². The van der Waals surface area contributed by atoms with Gasteiger partial charge >= 0.3 is 0 Å². The van der Waals surface area contributed by atoms with Gasteiger partial charge in [0.05, 0.1) is 5.69 Å². The van der Waals surface area contributed by atoms with Crippen molar-refractivity contribution in [1.82, 2.24) is 9.97 Å². The van der Waals surface area contributed by atoms with Crippen molar-refractivity contribution in [2.45, 2.75) is 25.8 Å². The zero-order valence-corrected chi connectivity index (χ0v) is 10.9. The summed E-state index contributed by atoms with van der Waals surface area (Å²) in [6.45, 7) is 1.91. The Balaban J connectivity index is 1.94. The molecule has 1 N–H and O–H groups in total. The molecule has 1 heterocycles. The monoisotopic (exact) mass is 259 g/mol. The van der Waals surface area contributed by atoms with E-state index in [1.165, 1.54) is 12.8 Å². The Kier molecular flexibility index (Phi) is 2.92. The van der Waals surface area contributed by atoms with Crippen molar-refractivity contribution in [3.05, 3.63) is 41.2 Å². The Labute approximate surface area is 111 Å². The maximum atomic E-state index is 5.89. The highest BCUT2D eigenvalue weighted by Crippen LogP contribution is 2.26. The van der Waals surface area contributed by atoms with Gasteiger partial charge in [-0.3, -0.25) is 0 Å². The lowest BCUT2D eigenvalue weighted by Crippen LogP contribution is -2.05. The highest BCUT2D eigenvalue weighted by Gasteiger charge is 2.21. The minimum absolute atomic E-state index is 0.595. The molecule has 0 aliphatic heterocycles. The van der Waals surface area contributed by atoms with E-state index < -0.39 is 0 Å². The molecular weight excluding hydrogens is 246 g/mol. The van der Waals surface area contributed by atoms with Crippen molar-refractivity contribution < 1.29 is 0 Å². The van der Waals surface area contributed by atoms with E-state index in [0.29, 0.717) is 6.04 Å². The first-order valence-corrected chi connectivity index (χ1v) is 6.47. The molecule has 3 nitrogen and oxygen atoms in total. The van der Waals surface area contributed by atoms with Crippen molar-refractivity contribution in [2.24, 2.45) is 0 Å². The van der Waals surface area contributed by atoms with E-state index in [4.69, 9.17) is 11.6 Å². The first-order chi connectivity index (χ1) is 8.70. The summed E-state index contributed by atoms with van der Waals surface area (Å²) in [5.41, 5.74) is 1.99. The third-order valence-electron chi connectivity index (χ3n) is 2.91. The number of nitrogens with one attached hydrogen (secondary N) is 1. The van der Waals surface area contributed by atoms with Gasteiger partial charge in [0.15, 0.2) is 0 Å². The number of benzene rings is 1. The molecule has 0 saturated heterocycles. The summed E-state index contributed by atoms with van der Waals surface area (Å²) >= 11 is 5.89. The highest BCUT2D eigenvalue weighted by atomic mass is 35.5. The molecule has 0 amide bonds. The lowest BCUT2D eigenvalue weighted by Gasteiger charge is -2.07. The van der Waals surface area contributed by atoms with Crippen LogP contribution in [0.3, 0.4) is 0 Å². The molecule has 2 aromatic rings. The van der Waals surface area contributed by atoms with Crippen LogP contribution in [0.2, 0.25) is 5.02 Å². The summed E-state index contributed by atoms with van der Waals surface area (Å²) in [6.07, 6.45) is 2.47. The first-order valence-electron chi connectivity index (χ1n) is 6.09. The van der Waals surface area contributed by atoms with Gasteiger partial charge in [0, 0.05) is 22.7 Å². The van der Waals surface area contributed by atoms with E-state index in [9.17, 15) is 0 Å². The van der Waals surface area contributed by atoms with Gasteiger partial charge in [0.1, 0.15) is 11.6 Å². The molecule has 4 heteroatoms. The van der Waals surface area contributed by atoms with E-state index in [1.807, 2.05) is 37.3 Å². The van der Waals surface area contributed by atoms with Crippen LogP contribution in [0.25, 0.3) is 11.3 Å². The van der Waals surface area contributed by atoms with Crippen molar-refractivity contribution >= 4 is 17.4 Å². The standard InChI is InChI=1S/C14H14ClN3/c1-9-16-13(10-2-4-11(15)5-3-10)8-14(17-9)18-12-6-7-12/h2-5,8,12H,6-7H2,1H3,(H,16,17,18). The smallest absolute Gasteiger partial charge is 0.130 e. The summed E-state index contributed by atoms with van der Waals surface area (Å²) in [7, 11) is 0. The molecule has 1 aliphatic rings. The quantitative estimate of drug-likeness (QED) is 0.914. The molecule has 1 saturated carbocycles. The van der Waals surface area contributed by atoms with Gasteiger partial charge in [-0.1, -0.05) is 23.7 Å². The van der Waals surface area contributed by atoms with Crippen LogP contribution in [-0.4, -0.2) is 16.0 Å². The van der Waals surface area contributed by atoms with Crippen LogP contribution in [-0.2, 0) is 0 Å². The number of hydrogen-bond donors (Lipinski definition) is 1. The van der Waals surface area contributed by atoms with Gasteiger partial charge in [-0.2, -0.15) is 0 Å². The summed E-state index contributed by atoms with van der Waals surface area (Å²) < 4.78 is 0. The molecular formula is C14H14ClN3. The van der Waals surface area contributed by atoms with Crippen LogP contribution in [0.4, 0.5) is 5.82 Å². The Morgan fingerprint density at radius 2 is 1.89 bits per heavy atom. The lowest BCUT2D eigenvalue weighted by atomic mass is 10.1. The number of halogens is 1. The number of hydrogen-bond acceptors (Lipinski definition) is 3. The van der Waals surface area contributed by atoms with Crippen LogP contribution >= 0.6 is 11.6 Å². The maximum absolute atomic E-state index is 5.89. The molecule has 0 radical (unpaired) electrons. The molecule has 0 spiro atoms. The van der Waals surface area contributed by atoms with Gasteiger partial charge in [0.2, 0.25) is 0 Å². The molecule has 0 atom stereocenters. The van der Waals surface area contributed by atoms with E-state index in [-0.39, 0.29) is 0 Å². The third-order valence-corrected chi connectivity index (χ3v) is 3.16. The predicted octanol–water partition coefficient (Wildman–Crippen LogP) is 3.68. The van der Waals surface area contributed by atoms with Crippen LogP contribution in [0.15, 0.2) is 30.3 Å². The Morgan fingerprint density at radius 3 is 2.56 bits per heavy atom. The summed E-state index contributed by atoms with van der Waals surface area (Å²) in [5.74, 6) is 1.69. The summed E-state index contributed by atoms with van der Waals surface area (Å²) in [4.78, 5) is 8.88. The van der Waals surface area contributed by atoms with Gasteiger partial charge in [-0.25, -0.2) is 9.97 Å². The van der Waals surface area contributed by atoms with Crippen LogP contribution in [0.1, 0.15) is 18.7 Å². The number of anilines is 1. The van der Waals surface area contributed by atoms with E-state index >= 15 is 0 Å². The van der Waals surface area contributed by atoms with Crippen molar-refractivity contribution in [2.75, 3.05) is 5.32 Å². The molecule has 3 rings (SSSR count). The van der Waals surface area contributed by atoms with Crippen molar-refractivity contribution in [1.29, 1.82) is 0 Å². The summed E-state index contributed by atoms with van der Waals surface area (Å²) in [5, 5.41) is 4.14. The van der Waals surface area contributed by atoms with Crippen LogP contribution in [0, 0.1) is 6.92 Å². The average Bonchev–Trinajstić information content (AvgIpc) is 3.13. The first kappa shape index (κ1) is 11.5. The molecule has 1 aromatic carbocycles. The van der Waals surface area contributed by atoms with Gasteiger partial charge in [-0.05, 0) is 31.9 Å². The topological polar surface area (TPSA) is 37.8 Å². The maximum Gasteiger partial charge on any atom is 0.130 e. The van der Waals surface area contributed by atoms with Crippen LogP contribution in [0.5, 0.6) is 0 Å². The molecule has 0 unspecified atom stereocenters. The second-order valence-corrected chi connectivity index (χ2v) is 5.05. The van der Waals surface area contributed by atoms with Crippen molar-refractivity contribution in [3.8, 4) is 11.3 Å². The van der Waals surface area contributed by atoms with Crippen molar-refractivity contribution in [3.63, 3.8) is 0 Å². The number of aromatic nitrogens is 2. The Bertz CT molecular complexity index is 562. The number of rotatable bonds is 3. The number of nitrogens with zero attached hydrogens (tertiary/aromatic N) is 2. The fourth-order valence-corrected chi connectivity index (χ4v) is 1.97. The molecule has 92 valence electrons. The van der Waals surface area contributed by atoms with Gasteiger partial charge in [0.25, 0.3) is 0 Å². The minimum atomic E-state index is 0.595. The minimum Gasteiger partial charge on any atom is -0.367 e. The highest BCUT2D eigenvalue weighted by molar-refractivity contribution is 6.30. The molecule has 1 aromatic heterocycles. The third kappa shape index (κ3) is 2.62. The second kappa shape index (κ2) is 4.58. The molecule has 1 fully saturated rings. The predicted molar refractivity (Wildman–Crippen MR) is 73.9 cm³/mol. The van der Waals surface area contributed by atoms with Gasteiger partial charge in [-0.15, -0.1) is 0 Å².